The van der Waals surface area contributed by atoms with E-state index in [2.05, 4.69) is 0 Å². The van der Waals surface area contributed by atoms with Crippen LogP contribution in [0.15, 0.2) is 142 Å². The predicted octanol–water partition coefficient (Wildman–Crippen LogP) is 9.50. The van der Waals surface area contributed by atoms with E-state index in [0.717, 1.165) is 16.2 Å². The zero-order valence-electron chi connectivity index (χ0n) is 20.3. The van der Waals surface area contributed by atoms with Gasteiger partial charge in [-0.25, -0.2) is 4.55 Å². The van der Waals surface area contributed by atoms with E-state index in [9.17, 15) is 21.9 Å². The third kappa shape index (κ3) is 4.16. The van der Waals surface area contributed by atoms with Gasteiger partial charge in [0.05, 0.1) is 14.7 Å². The number of benzene rings is 6. The van der Waals surface area contributed by atoms with Crippen molar-refractivity contribution in [1.29, 1.82) is 0 Å². The molecule has 0 saturated carbocycles. The Morgan fingerprint density at radius 2 is 0.821 bits per heavy atom. The van der Waals surface area contributed by atoms with Crippen molar-refractivity contribution in [3.05, 3.63) is 127 Å². The van der Waals surface area contributed by atoms with Crippen molar-refractivity contribution in [2.24, 2.45) is 0 Å². The lowest BCUT2D eigenvalue weighted by atomic mass is 10.1. The van der Waals surface area contributed by atoms with Crippen molar-refractivity contribution in [2.45, 2.75) is 20.2 Å². The van der Waals surface area contributed by atoms with Crippen LogP contribution in [-0.4, -0.2) is 14.3 Å². The maximum Gasteiger partial charge on any atom is 0.576 e. The van der Waals surface area contributed by atoms with Gasteiger partial charge < -0.3 is 0 Å². The Bertz CT molecular complexity index is 1790. The molecule has 0 aromatic heterocycles. The van der Waals surface area contributed by atoms with E-state index in [4.69, 9.17) is 3.29 Å². The molecule has 0 amide bonds. The minimum absolute atomic E-state index is 0.402. The third-order valence-electron chi connectivity index (χ3n) is 6.66. The van der Waals surface area contributed by atoms with E-state index in [1.165, 1.54) is 0 Å². The van der Waals surface area contributed by atoms with Gasteiger partial charge in [0, 0.05) is 16.2 Å². The van der Waals surface area contributed by atoms with Crippen LogP contribution >= 0.6 is 10.3 Å². The van der Waals surface area contributed by atoms with Crippen LogP contribution in [0.5, 0.6) is 0 Å². The molecular weight excluding hydrogens is 541 g/mol. The Morgan fingerprint density at radius 3 is 1.15 bits per heavy atom. The molecule has 0 spiro atoms. The molecule has 0 saturated heterocycles. The molecule has 1 atom stereocenters. The van der Waals surface area contributed by atoms with Gasteiger partial charge in [-0.3, -0.25) is 0 Å². The molecule has 8 heteroatoms. The molecule has 0 fully saturated rings. The van der Waals surface area contributed by atoms with Crippen LogP contribution in [0.1, 0.15) is 0 Å². The largest absolute Gasteiger partial charge is 0.576 e. The Labute approximate surface area is 225 Å². The lowest BCUT2D eigenvalue weighted by Crippen LogP contribution is -2.25. The summed E-state index contributed by atoms with van der Waals surface area (Å²) >= 11 is 0. The molecule has 0 bridgehead atoms. The summed E-state index contributed by atoms with van der Waals surface area (Å²) < 4.78 is 72.2. The Morgan fingerprint density at radius 1 is 0.513 bits per heavy atom. The second-order valence-corrected chi connectivity index (χ2v) is 13.4. The smallest absolute Gasteiger partial charge is 0.238 e. The Hall–Kier alpha value is -3.85. The van der Waals surface area contributed by atoms with Crippen LogP contribution in [0.25, 0.3) is 32.3 Å². The van der Waals surface area contributed by atoms with E-state index in [1.807, 2.05) is 54.6 Å². The Kier molecular flexibility index (Phi) is 6.14. The van der Waals surface area contributed by atoms with E-state index >= 15 is 0 Å². The van der Waals surface area contributed by atoms with Crippen LogP contribution in [0, 0.1) is 0 Å². The molecule has 0 aliphatic heterocycles. The van der Waals surface area contributed by atoms with Gasteiger partial charge >= 0.3 is 15.6 Å². The maximum absolute atomic E-state index is 14.2. The molecule has 39 heavy (non-hydrogen) atoms. The number of fused-ring (bicyclic) bond motifs is 3. The van der Waals surface area contributed by atoms with E-state index in [-0.39, 0.29) is 0 Å². The van der Waals surface area contributed by atoms with Crippen molar-refractivity contribution in [2.75, 3.05) is 0 Å². The standard InChI is InChI=1S/C31H21F3O3S2/c32-31(33,34)39(35,36)37-38(28-19-7-13-22-10-1-4-16-25(22)28,29-20-8-14-23-11-2-5-17-26(23)29)30-21-9-15-24-12-3-6-18-27(24)30/h1-21H/p+1. The molecular formula is C31H22F3O3S2+. The number of rotatable bonds is 4. The highest BCUT2D eigenvalue weighted by Gasteiger charge is 2.58. The molecule has 3 nitrogen and oxygen atoms in total. The minimum atomic E-state index is -5.82. The normalized spacial score (nSPS) is 14.4. The third-order valence-corrected chi connectivity index (χ3v) is 11.7. The first-order valence-electron chi connectivity index (χ1n) is 12.0. The molecule has 196 valence electrons. The highest BCUT2D eigenvalue weighted by atomic mass is 32.3. The second kappa shape index (κ2) is 9.41. The van der Waals surface area contributed by atoms with Crippen LogP contribution in [0.3, 0.4) is 0 Å². The summed E-state index contributed by atoms with van der Waals surface area (Å²) in [6.07, 6.45) is 0. The average molecular weight is 564 g/mol. The van der Waals surface area contributed by atoms with Crippen molar-refractivity contribution < 1.29 is 25.2 Å². The maximum atomic E-state index is 14.2. The molecule has 6 aromatic rings. The predicted molar refractivity (Wildman–Crippen MR) is 152 cm³/mol. The summed E-state index contributed by atoms with van der Waals surface area (Å²) in [7, 11) is -9.32. The topological polar surface area (TPSA) is 48.6 Å². The number of halogens is 3. The first-order chi connectivity index (χ1) is 18.7. The summed E-state index contributed by atoms with van der Waals surface area (Å²) in [5.74, 6) is 0. The van der Waals surface area contributed by atoms with Crippen molar-refractivity contribution >= 4 is 52.7 Å². The van der Waals surface area contributed by atoms with Crippen molar-refractivity contribution in [1.82, 2.24) is 0 Å². The van der Waals surface area contributed by atoms with Gasteiger partial charge in [-0.15, -0.1) is 7.49 Å². The highest BCUT2D eigenvalue weighted by molar-refractivity contribution is 8.31. The monoisotopic (exact) mass is 563 g/mol. The molecule has 0 radical (unpaired) electrons. The minimum Gasteiger partial charge on any atom is -0.238 e. The summed E-state index contributed by atoms with van der Waals surface area (Å²) in [6.45, 7) is 0. The lowest BCUT2D eigenvalue weighted by molar-refractivity contribution is -0.0541. The number of hydrogen-bond donors (Lipinski definition) is 1. The van der Waals surface area contributed by atoms with Gasteiger partial charge in [-0.1, -0.05) is 109 Å². The fourth-order valence-electron chi connectivity index (χ4n) is 4.98. The summed E-state index contributed by atoms with van der Waals surface area (Å²) in [4.78, 5) is 1.21. The molecule has 6 rings (SSSR count). The molecule has 0 aliphatic carbocycles. The van der Waals surface area contributed by atoms with Gasteiger partial charge in [-0.2, -0.15) is 13.2 Å². The van der Waals surface area contributed by atoms with E-state index in [0.29, 0.717) is 30.8 Å². The number of hydrogen-bond acceptors (Lipinski definition) is 1. The zero-order valence-corrected chi connectivity index (χ0v) is 22.0. The molecule has 1 unspecified atom stereocenters. The quantitative estimate of drug-likeness (QED) is 0.132. The van der Waals surface area contributed by atoms with Crippen molar-refractivity contribution in [3.63, 3.8) is 0 Å². The summed E-state index contributed by atoms with van der Waals surface area (Å²) in [5.41, 5.74) is -5.52. The summed E-state index contributed by atoms with van der Waals surface area (Å²) in [5, 5.41) is 4.21. The summed E-state index contributed by atoms with van der Waals surface area (Å²) in [6, 6.07) is 37.8. The van der Waals surface area contributed by atoms with Crippen LogP contribution in [-0.2, 0) is 13.4 Å². The van der Waals surface area contributed by atoms with Crippen LogP contribution in [0.4, 0.5) is 13.2 Å². The Balaban J connectivity index is 1.94. The lowest BCUT2D eigenvalue weighted by Gasteiger charge is -2.29. The molecule has 1 N–H and O–H groups in total. The SMILES string of the molecule is O=S(O)(=[O+]S(c1cccc2ccccc12)(c1cccc2ccccc12)c1cccc2ccccc12)C(F)(F)F. The van der Waals surface area contributed by atoms with E-state index < -0.39 is 25.9 Å². The molecule has 6 aromatic carbocycles. The fourth-order valence-corrected chi connectivity index (χ4v) is 10.3. The average Bonchev–Trinajstić information content (AvgIpc) is 2.94. The van der Waals surface area contributed by atoms with Crippen LogP contribution < -0.4 is 0 Å². The zero-order chi connectivity index (χ0) is 27.3. The first-order valence-corrected chi connectivity index (χ1v) is 15.0. The second-order valence-electron chi connectivity index (χ2n) is 8.98. The number of alkyl halides is 3. The van der Waals surface area contributed by atoms with Crippen LogP contribution in [0.2, 0.25) is 0 Å². The highest BCUT2D eigenvalue weighted by Crippen LogP contribution is 2.71. The van der Waals surface area contributed by atoms with Gasteiger partial charge in [-0.05, 0) is 34.4 Å². The van der Waals surface area contributed by atoms with Crippen molar-refractivity contribution in [3.8, 4) is 0 Å². The fraction of sp³-hybridized carbons (Fsp3) is 0.0323. The van der Waals surface area contributed by atoms with Gasteiger partial charge in [0.2, 0.25) is 0 Å². The van der Waals surface area contributed by atoms with Gasteiger partial charge in [0.1, 0.15) is 0 Å². The molecule has 0 aliphatic rings. The van der Waals surface area contributed by atoms with Gasteiger partial charge in [0.25, 0.3) is 0 Å². The van der Waals surface area contributed by atoms with Gasteiger partial charge in [0.15, 0.2) is 10.3 Å². The first kappa shape index (κ1) is 25.4. The van der Waals surface area contributed by atoms with E-state index in [1.54, 1.807) is 72.8 Å². The molecule has 0 heterocycles.